The van der Waals surface area contributed by atoms with Crippen LogP contribution in [0, 0.1) is 11.1 Å². The van der Waals surface area contributed by atoms with Crippen molar-refractivity contribution in [1.82, 2.24) is 25.8 Å². The van der Waals surface area contributed by atoms with Crippen LogP contribution < -0.4 is 25.8 Å². The van der Waals surface area contributed by atoms with Gasteiger partial charge in [0.2, 0.25) is 27.5 Å². The molecule has 196 valence electrons. The smallest absolute Gasteiger partial charge is 0.328 e. The zero-order valence-corrected chi connectivity index (χ0v) is 20.5. The minimum atomic E-state index is -0.759. The average molecular weight is 498 g/mol. The van der Waals surface area contributed by atoms with Crippen LogP contribution in [0.25, 0.3) is 0 Å². The first kappa shape index (κ1) is 31.5. The third-order valence-electron chi connectivity index (χ3n) is 4.93. The Morgan fingerprint density at radius 3 is 1.77 bits per heavy atom. The van der Waals surface area contributed by atoms with E-state index in [0.717, 1.165) is 0 Å². The first-order valence-electron chi connectivity index (χ1n) is 11.9. The standard InChI is InChI=1S/C21H37N9O5/c1-35-21(34)17(9-2-5-13-24-18(31)10-3-6-15-26-29-22)28-20(33)12-8-14-25-19(32)11-4-7-16-27-30-23/h17,22-23H,2-16H2,1H3,(H-2,24,25,28,31,32,33)/p+2/t17-/m0/s1. The maximum absolute atomic E-state index is 12.2. The summed E-state index contributed by atoms with van der Waals surface area (Å²) in [5, 5.41) is 15.3. The third kappa shape index (κ3) is 19.7. The molecule has 0 aliphatic carbocycles. The molecular formula is C21H39N9O5+2. The van der Waals surface area contributed by atoms with E-state index in [1.54, 1.807) is 0 Å². The zero-order valence-electron chi connectivity index (χ0n) is 20.5. The van der Waals surface area contributed by atoms with Crippen molar-refractivity contribution >= 4 is 23.7 Å². The van der Waals surface area contributed by atoms with Crippen molar-refractivity contribution in [2.45, 2.75) is 76.7 Å². The average Bonchev–Trinajstić information content (AvgIpc) is 2.85. The predicted molar refractivity (Wildman–Crippen MR) is 125 cm³/mol. The Morgan fingerprint density at radius 1 is 0.743 bits per heavy atom. The molecule has 0 aliphatic rings. The fourth-order valence-electron chi connectivity index (χ4n) is 3.05. The van der Waals surface area contributed by atoms with Gasteiger partial charge in [0, 0.05) is 32.4 Å². The van der Waals surface area contributed by atoms with Crippen molar-refractivity contribution in [3.05, 3.63) is 0 Å². The molecule has 0 aromatic carbocycles. The Hall–Kier alpha value is -3.50. The number of esters is 1. The Balaban J connectivity index is 4.02. The normalized spacial score (nSPS) is 10.8. The molecule has 3 amide bonds. The molecule has 0 rings (SSSR count). The Labute approximate surface area is 205 Å². The second kappa shape index (κ2) is 22.3. The molecule has 5 N–H and O–H groups in total. The summed E-state index contributed by atoms with van der Waals surface area (Å²) in [7, 11) is 1.26. The number of ether oxygens (including phenoxy) is 1. The second-order valence-corrected chi connectivity index (χ2v) is 7.79. The van der Waals surface area contributed by atoms with Gasteiger partial charge in [0.1, 0.15) is 40.4 Å². The first-order valence-corrected chi connectivity index (χ1v) is 11.9. The highest BCUT2D eigenvalue weighted by Gasteiger charge is 2.20. The lowest BCUT2D eigenvalue weighted by molar-refractivity contribution is -0.145. The molecule has 0 aromatic heterocycles. The van der Waals surface area contributed by atoms with Crippen LogP contribution in [0.5, 0.6) is 0 Å². The molecule has 1 atom stereocenters. The first-order chi connectivity index (χ1) is 16.9. The van der Waals surface area contributed by atoms with Crippen molar-refractivity contribution in [1.29, 1.82) is 11.1 Å². The third-order valence-corrected chi connectivity index (χ3v) is 4.93. The summed E-state index contributed by atoms with van der Waals surface area (Å²) in [5.74, 6) is -0.990. The molecule has 0 unspecified atom stereocenters. The maximum atomic E-state index is 12.2. The van der Waals surface area contributed by atoms with Crippen LogP contribution in [0.15, 0.2) is 10.2 Å². The lowest BCUT2D eigenvalue weighted by atomic mass is 10.1. The van der Waals surface area contributed by atoms with E-state index in [-0.39, 0.29) is 24.1 Å². The van der Waals surface area contributed by atoms with Gasteiger partial charge >= 0.3 is 5.97 Å². The number of hydrogen-bond donors (Lipinski definition) is 5. The monoisotopic (exact) mass is 497 g/mol. The topological polar surface area (TPSA) is 214 Å². The highest BCUT2D eigenvalue weighted by Crippen LogP contribution is 2.04. The molecule has 14 nitrogen and oxygen atoms in total. The van der Waals surface area contributed by atoms with E-state index in [1.165, 1.54) is 7.11 Å². The minimum absolute atomic E-state index is 0.0617. The molecule has 35 heavy (non-hydrogen) atoms. The highest BCUT2D eigenvalue weighted by molar-refractivity contribution is 5.84. The molecule has 0 bridgehead atoms. The summed E-state index contributed by atoms with van der Waals surface area (Å²) in [6.45, 7) is 1.70. The van der Waals surface area contributed by atoms with Gasteiger partial charge in [0.25, 0.3) is 0 Å². The van der Waals surface area contributed by atoms with Crippen molar-refractivity contribution in [2.24, 2.45) is 10.2 Å². The van der Waals surface area contributed by atoms with Crippen molar-refractivity contribution < 1.29 is 23.9 Å². The highest BCUT2D eigenvalue weighted by atomic mass is 16.5. The van der Waals surface area contributed by atoms with Crippen molar-refractivity contribution in [3.63, 3.8) is 0 Å². The van der Waals surface area contributed by atoms with E-state index in [4.69, 9.17) is 15.8 Å². The number of unbranched alkanes of at least 4 members (excludes halogenated alkanes) is 3. The lowest BCUT2D eigenvalue weighted by Crippen LogP contribution is -2.41. The maximum Gasteiger partial charge on any atom is 0.328 e. The van der Waals surface area contributed by atoms with Crippen LogP contribution in [0.3, 0.4) is 0 Å². The quantitative estimate of drug-likeness (QED) is 0.0683. The Morgan fingerprint density at radius 2 is 1.26 bits per heavy atom. The van der Waals surface area contributed by atoms with E-state index >= 15 is 0 Å². The molecule has 0 saturated carbocycles. The number of nitrogens with one attached hydrogen (secondary N) is 5. The largest absolute Gasteiger partial charge is 0.467 e. The molecule has 0 fully saturated rings. The number of hydrogen-bond acceptors (Lipinski definition) is 9. The summed E-state index contributed by atoms with van der Waals surface area (Å²) < 4.78 is 4.77. The Kier molecular flexibility index (Phi) is 20.1. The zero-order chi connectivity index (χ0) is 26.2. The van der Waals surface area contributed by atoms with Crippen LogP contribution in [-0.4, -0.2) is 63.0 Å². The summed E-state index contributed by atoms with van der Waals surface area (Å²) in [6.07, 6.45) is 5.70. The van der Waals surface area contributed by atoms with Crippen LogP contribution >= 0.6 is 0 Å². The molecule has 0 radical (unpaired) electrons. The fraction of sp³-hybridized carbons (Fsp3) is 0.810. The van der Waals surface area contributed by atoms with Gasteiger partial charge in [-0.15, -0.1) is 0 Å². The van der Waals surface area contributed by atoms with Crippen LogP contribution in [0.4, 0.5) is 0 Å². The SMILES string of the molecule is COC(=O)[C@H](CCCCNC(=O)CCCCN=[N+]=N)NC(=O)CCCNC(=O)CCCCN=[N+]=N. The van der Waals surface area contributed by atoms with Gasteiger partial charge in [-0.25, -0.2) is 4.79 Å². The molecule has 0 spiro atoms. The van der Waals surface area contributed by atoms with E-state index in [1.807, 2.05) is 0 Å². The van der Waals surface area contributed by atoms with Crippen LogP contribution in [0.1, 0.15) is 70.6 Å². The lowest BCUT2D eigenvalue weighted by Gasteiger charge is -2.16. The van der Waals surface area contributed by atoms with Crippen molar-refractivity contribution in [3.8, 4) is 0 Å². The Bertz CT molecular complexity index is 749. The molecule has 0 heterocycles. The summed E-state index contributed by atoms with van der Waals surface area (Å²) in [6, 6.07) is -0.759. The van der Waals surface area contributed by atoms with E-state index in [0.29, 0.717) is 90.4 Å². The van der Waals surface area contributed by atoms with Crippen LogP contribution in [-0.2, 0) is 23.9 Å². The minimum Gasteiger partial charge on any atom is -0.467 e. The summed E-state index contributed by atoms with van der Waals surface area (Å²) in [4.78, 5) is 53.5. The van der Waals surface area contributed by atoms with Crippen molar-refractivity contribution in [2.75, 3.05) is 33.3 Å². The van der Waals surface area contributed by atoms with E-state index in [2.05, 4.69) is 36.0 Å². The summed E-state index contributed by atoms with van der Waals surface area (Å²) in [5.41, 5.74) is 13.1. The second-order valence-electron chi connectivity index (χ2n) is 7.79. The number of methoxy groups -OCH3 is 1. The van der Waals surface area contributed by atoms with E-state index in [9.17, 15) is 19.2 Å². The van der Waals surface area contributed by atoms with Gasteiger partial charge in [-0.05, 0) is 51.4 Å². The number of nitrogens with zero attached hydrogens (tertiary/aromatic N) is 4. The van der Waals surface area contributed by atoms with Gasteiger partial charge in [0.05, 0.1) is 7.11 Å². The van der Waals surface area contributed by atoms with Gasteiger partial charge in [-0.2, -0.15) is 0 Å². The predicted octanol–water partition coefficient (Wildman–Crippen LogP) is 1.27. The van der Waals surface area contributed by atoms with E-state index < -0.39 is 12.0 Å². The molecule has 14 heteroatoms. The van der Waals surface area contributed by atoms with Crippen LogP contribution in [0.2, 0.25) is 0 Å². The number of rotatable bonds is 21. The van der Waals surface area contributed by atoms with Gasteiger partial charge in [0.15, 0.2) is 0 Å². The summed E-state index contributed by atoms with van der Waals surface area (Å²) >= 11 is 0. The molecule has 0 aromatic rings. The number of carbonyl (C=O) groups is 4. The van der Waals surface area contributed by atoms with Gasteiger partial charge in [-0.3, -0.25) is 14.4 Å². The molecule has 0 saturated heterocycles. The number of carbonyl (C=O) groups excluding carboxylic acids is 4. The fourth-order valence-corrected chi connectivity index (χ4v) is 3.05. The molecule has 0 aliphatic heterocycles. The number of amides is 3. The van der Waals surface area contributed by atoms with Gasteiger partial charge in [-0.1, -0.05) is 0 Å². The molecular weight excluding hydrogens is 458 g/mol. The van der Waals surface area contributed by atoms with Gasteiger partial charge < -0.3 is 20.7 Å².